The monoisotopic (exact) mass is 452 g/mol. The molecule has 0 spiro atoms. The van der Waals surface area contributed by atoms with E-state index < -0.39 is 18.3 Å². The number of benzene rings is 1. The number of hydrogen-bond donors (Lipinski definition) is 3. The topological polar surface area (TPSA) is 102 Å². The van der Waals surface area contributed by atoms with E-state index in [1.165, 1.54) is 11.8 Å². The van der Waals surface area contributed by atoms with Gasteiger partial charge in [-0.15, -0.1) is 0 Å². The van der Waals surface area contributed by atoms with Crippen LogP contribution in [0.3, 0.4) is 0 Å². The Morgan fingerprint density at radius 3 is 2.42 bits per heavy atom. The Morgan fingerprint density at radius 2 is 1.84 bits per heavy atom. The summed E-state index contributed by atoms with van der Waals surface area (Å²) in [5.74, 6) is -0.728. The van der Waals surface area contributed by atoms with Gasteiger partial charge in [-0.25, -0.2) is 0 Å². The number of aliphatic hydroxyl groups excluding tert-OH is 1. The van der Waals surface area contributed by atoms with Gasteiger partial charge in [0.05, 0.1) is 6.54 Å². The maximum absolute atomic E-state index is 13.2. The largest absolute Gasteiger partial charge is 0.379 e. The van der Waals surface area contributed by atoms with E-state index in [0.29, 0.717) is 24.5 Å². The highest BCUT2D eigenvalue weighted by Crippen LogP contribution is 2.21. The summed E-state index contributed by atoms with van der Waals surface area (Å²) in [4.78, 5) is 41.7. The summed E-state index contributed by atoms with van der Waals surface area (Å²) < 4.78 is 0. The van der Waals surface area contributed by atoms with Crippen molar-refractivity contribution in [3.63, 3.8) is 0 Å². The predicted molar refractivity (Wildman–Crippen MR) is 119 cm³/mol. The molecule has 2 rings (SSSR count). The SMILES string of the molecule is CC(O)NCC(=O)N(C(C)C)C(C)C(=O)N1CCCC1C(=O)NCc1ccc(Cl)cc1. The van der Waals surface area contributed by atoms with Crippen LogP contribution in [0.1, 0.15) is 46.1 Å². The van der Waals surface area contributed by atoms with Crippen LogP contribution in [0, 0.1) is 0 Å². The fourth-order valence-corrected chi connectivity index (χ4v) is 3.97. The summed E-state index contributed by atoms with van der Waals surface area (Å²) in [6, 6.07) is 5.74. The molecule has 0 bridgehead atoms. The van der Waals surface area contributed by atoms with Crippen molar-refractivity contribution in [3.8, 4) is 0 Å². The molecular formula is C22H33ClN4O4. The van der Waals surface area contributed by atoms with E-state index in [9.17, 15) is 19.5 Å². The molecule has 1 saturated heterocycles. The van der Waals surface area contributed by atoms with Crippen LogP contribution in [0.5, 0.6) is 0 Å². The highest BCUT2D eigenvalue weighted by Gasteiger charge is 2.39. The molecular weight excluding hydrogens is 420 g/mol. The molecule has 0 aliphatic carbocycles. The number of carbonyl (C=O) groups excluding carboxylic acids is 3. The van der Waals surface area contributed by atoms with E-state index in [1.807, 2.05) is 26.0 Å². The molecule has 0 saturated carbocycles. The quantitative estimate of drug-likeness (QED) is 0.493. The lowest BCUT2D eigenvalue weighted by atomic mass is 10.1. The molecule has 1 aromatic rings. The van der Waals surface area contributed by atoms with E-state index in [1.54, 1.807) is 24.0 Å². The minimum Gasteiger partial charge on any atom is -0.379 e. The van der Waals surface area contributed by atoms with Gasteiger partial charge in [-0.05, 0) is 58.2 Å². The Hall–Kier alpha value is -2.16. The predicted octanol–water partition coefficient (Wildman–Crippen LogP) is 1.50. The lowest BCUT2D eigenvalue weighted by Crippen LogP contribution is -2.56. The third kappa shape index (κ3) is 6.92. The van der Waals surface area contributed by atoms with Gasteiger partial charge in [-0.1, -0.05) is 23.7 Å². The summed E-state index contributed by atoms with van der Waals surface area (Å²) in [5, 5.41) is 15.6. The minimum absolute atomic E-state index is 0.0710. The average Bonchev–Trinajstić information content (AvgIpc) is 3.20. The molecule has 1 aliphatic rings. The number of hydrogen-bond acceptors (Lipinski definition) is 5. The van der Waals surface area contributed by atoms with Crippen molar-refractivity contribution in [1.82, 2.24) is 20.4 Å². The van der Waals surface area contributed by atoms with Gasteiger partial charge in [0.15, 0.2) is 0 Å². The van der Waals surface area contributed by atoms with Gasteiger partial charge < -0.3 is 20.2 Å². The second-order valence-electron chi connectivity index (χ2n) is 8.16. The van der Waals surface area contributed by atoms with Crippen molar-refractivity contribution in [2.24, 2.45) is 0 Å². The Balaban J connectivity index is 2.02. The zero-order valence-corrected chi connectivity index (χ0v) is 19.4. The van der Waals surface area contributed by atoms with Crippen molar-refractivity contribution in [1.29, 1.82) is 0 Å². The maximum atomic E-state index is 13.2. The number of rotatable bonds is 9. The van der Waals surface area contributed by atoms with Crippen LogP contribution in [-0.2, 0) is 20.9 Å². The van der Waals surface area contributed by atoms with E-state index in [-0.39, 0.29) is 30.3 Å². The molecule has 3 atom stereocenters. The number of likely N-dealkylation sites (tertiary alicyclic amines) is 1. The fraction of sp³-hybridized carbons (Fsp3) is 0.591. The van der Waals surface area contributed by atoms with Crippen molar-refractivity contribution in [2.45, 2.75) is 71.4 Å². The van der Waals surface area contributed by atoms with Gasteiger partial charge in [-0.3, -0.25) is 19.7 Å². The maximum Gasteiger partial charge on any atom is 0.245 e. The standard InChI is InChI=1S/C22H33ClN4O4/c1-14(2)27(20(29)13-24-16(4)28)15(3)22(31)26-11-5-6-19(26)21(30)25-12-17-7-9-18(23)10-8-17/h7-10,14-16,19,24,28H,5-6,11-13H2,1-4H3,(H,25,30). The first-order chi connectivity index (χ1) is 14.6. The number of carbonyl (C=O) groups is 3. The zero-order chi connectivity index (χ0) is 23.1. The first-order valence-electron chi connectivity index (χ1n) is 10.7. The molecule has 3 unspecified atom stereocenters. The Kier molecular flexibility index (Phi) is 9.28. The molecule has 1 aromatic carbocycles. The van der Waals surface area contributed by atoms with Crippen LogP contribution in [0.25, 0.3) is 0 Å². The van der Waals surface area contributed by atoms with Crippen molar-refractivity contribution < 1.29 is 19.5 Å². The lowest BCUT2D eigenvalue weighted by Gasteiger charge is -2.36. The van der Waals surface area contributed by atoms with Gasteiger partial charge >= 0.3 is 0 Å². The molecule has 3 amide bonds. The van der Waals surface area contributed by atoms with Crippen LogP contribution >= 0.6 is 11.6 Å². The van der Waals surface area contributed by atoms with E-state index in [4.69, 9.17) is 11.6 Å². The first kappa shape index (κ1) is 25.1. The summed E-state index contributed by atoms with van der Waals surface area (Å²) >= 11 is 5.89. The van der Waals surface area contributed by atoms with Crippen molar-refractivity contribution >= 4 is 29.3 Å². The number of amides is 3. The fourth-order valence-electron chi connectivity index (χ4n) is 3.85. The second kappa shape index (κ2) is 11.5. The smallest absolute Gasteiger partial charge is 0.245 e. The third-order valence-electron chi connectivity index (χ3n) is 5.39. The molecule has 31 heavy (non-hydrogen) atoms. The van der Waals surface area contributed by atoms with Gasteiger partial charge in [0.25, 0.3) is 0 Å². The van der Waals surface area contributed by atoms with Crippen molar-refractivity contribution in [2.75, 3.05) is 13.1 Å². The number of nitrogens with zero attached hydrogens (tertiary/aromatic N) is 2. The molecule has 0 radical (unpaired) electrons. The van der Waals surface area contributed by atoms with Gasteiger partial charge in [0.1, 0.15) is 18.3 Å². The van der Waals surface area contributed by atoms with Crippen LogP contribution < -0.4 is 10.6 Å². The molecule has 1 aliphatic heterocycles. The molecule has 1 fully saturated rings. The van der Waals surface area contributed by atoms with Crippen molar-refractivity contribution in [3.05, 3.63) is 34.9 Å². The lowest BCUT2D eigenvalue weighted by molar-refractivity contribution is -0.149. The summed E-state index contributed by atoms with van der Waals surface area (Å²) in [6.07, 6.45) is 0.497. The van der Waals surface area contributed by atoms with E-state index in [0.717, 1.165) is 12.0 Å². The molecule has 9 heteroatoms. The van der Waals surface area contributed by atoms with Crippen LogP contribution in [-0.4, -0.2) is 70.1 Å². The Labute approximate surface area is 188 Å². The summed E-state index contributed by atoms with van der Waals surface area (Å²) in [6.45, 7) is 7.65. The molecule has 172 valence electrons. The van der Waals surface area contributed by atoms with Gasteiger partial charge in [0, 0.05) is 24.2 Å². The van der Waals surface area contributed by atoms with E-state index >= 15 is 0 Å². The highest BCUT2D eigenvalue weighted by molar-refractivity contribution is 6.30. The van der Waals surface area contributed by atoms with Crippen LogP contribution in [0.15, 0.2) is 24.3 Å². The number of aliphatic hydroxyl groups is 1. The molecule has 8 nitrogen and oxygen atoms in total. The van der Waals surface area contributed by atoms with E-state index in [2.05, 4.69) is 10.6 Å². The summed E-state index contributed by atoms with van der Waals surface area (Å²) in [7, 11) is 0. The average molecular weight is 453 g/mol. The number of nitrogens with one attached hydrogen (secondary N) is 2. The second-order valence-corrected chi connectivity index (χ2v) is 8.60. The van der Waals surface area contributed by atoms with Gasteiger partial charge in [-0.2, -0.15) is 0 Å². The third-order valence-corrected chi connectivity index (χ3v) is 5.64. The zero-order valence-electron chi connectivity index (χ0n) is 18.6. The molecule has 1 heterocycles. The van der Waals surface area contributed by atoms with Crippen LogP contribution in [0.4, 0.5) is 0 Å². The van der Waals surface area contributed by atoms with Gasteiger partial charge in [0.2, 0.25) is 17.7 Å². The molecule has 0 aromatic heterocycles. The minimum atomic E-state index is -0.823. The highest BCUT2D eigenvalue weighted by atomic mass is 35.5. The number of halogens is 1. The molecule has 3 N–H and O–H groups in total. The Bertz CT molecular complexity index is 769. The normalized spacial score (nSPS) is 18.0. The Morgan fingerprint density at radius 1 is 1.19 bits per heavy atom. The summed E-state index contributed by atoms with van der Waals surface area (Å²) in [5.41, 5.74) is 0.921. The van der Waals surface area contributed by atoms with Crippen LogP contribution in [0.2, 0.25) is 5.02 Å². The first-order valence-corrected chi connectivity index (χ1v) is 11.0.